The van der Waals surface area contributed by atoms with Crippen LogP contribution in [0.3, 0.4) is 0 Å². The summed E-state index contributed by atoms with van der Waals surface area (Å²) in [6, 6.07) is 0. The molecule has 2 rings (SSSR count). The minimum absolute atomic E-state index is 0.155. The normalized spacial score (nSPS) is 25.9. The van der Waals surface area contributed by atoms with Crippen LogP contribution in [0.15, 0.2) is 4.52 Å². The first kappa shape index (κ1) is 13.2. The molecule has 0 amide bonds. The fourth-order valence-corrected chi connectivity index (χ4v) is 2.55. The number of carbonyl (C=O) groups is 1. The molecule has 0 aromatic carbocycles. The summed E-state index contributed by atoms with van der Waals surface area (Å²) in [4.78, 5) is 16.0. The average molecular weight is 250 g/mol. The van der Waals surface area contributed by atoms with Gasteiger partial charge in [0, 0.05) is 12.3 Å². The van der Waals surface area contributed by atoms with Crippen LogP contribution in [0.25, 0.3) is 0 Å². The van der Waals surface area contributed by atoms with Gasteiger partial charge >= 0.3 is 0 Å². The molecule has 1 aromatic rings. The zero-order chi connectivity index (χ0) is 13.1. The molecule has 1 unspecified atom stereocenters. The predicted molar refractivity (Wildman–Crippen MR) is 68.4 cm³/mol. The lowest BCUT2D eigenvalue weighted by atomic mass is 9.83. The van der Waals surface area contributed by atoms with E-state index in [1.165, 1.54) is 12.8 Å². The van der Waals surface area contributed by atoms with E-state index in [0.29, 0.717) is 18.2 Å². The third kappa shape index (κ3) is 2.79. The number of nitrogens with zero attached hydrogens (tertiary/aromatic N) is 2. The van der Waals surface area contributed by atoms with Crippen LogP contribution >= 0.6 is 0 Å². The van der Waals surface area contributed by atoms with E-state index in [-0.39, 0.29) is 11.7 Å². The Bertz CT molecular complexity index is 406. The van der Waals surface area contributed by atoms with Crippen LogP contribution in [-0.2, 0) is 4.79 Å². The van der Waals surface area contributed by atoms with Crippen molar-refractivity contribution in [1.29, 1.82) is 0 Å². The van der Waals surface area contributed by atoms with Crippen LogP contribution in [0.5, 0.6) is 0 Å². The van der Waals surface area contributed by atoms with Gasteiger partial charge in [0.1, 0.15) is 5.78 Å². The Labute approximate surface area is 108 Å². The molecule has 1 fully saturated rings. The first-order chi connectivity index (χ1) is 8.61. The molecular weight excluding hydrogens is 228 g/mol. The van der Waals surface area contributed by atoms with Gasteiger partial charge in [-0.1, -0.05) is 31.8 Å². The summed E-state index contributed by atoms with van der Waals surface area (Å²) in [6.07, 6.45) is 5.25. The van der Waals surface area contributed by atoms with Gasteiger partial charge in [-0.3, -0.25) is 4.79 Å². The molecule has 0 saturated heterocycles. The highest BCUT2D eigenvalue weighted by atomic mass is 16.5. The Morgan fingerprint density at radius 1 is 1.39 bits per heavy atom. The van der Waals surface area contributed by atoms with Crippen molar-refractivity contribution in [2.75, 3.05) is 0 Å². The lowest BCUT2D eigenvalue weighted by molar-refractivity contribution is -0.120. The summed E-state index contributed by atoms with van der Waals surface area (Å²) in [7, 11) is 0. The molecule has 0 aliphatic heterocycles. The number of rotatable bonds is 4. The smallest absolute Gasteiger partial charge is 0.236 e. The molecule has 1 saturated carbocycles. The average Bonchev–Trinajstić information content (AvgIpc) is 2.87. The summed E-state index contributed by atoms with van der Waals surface area (Å²) in [5, 5.41) is 4.06. The maximum atomic E-state index is 11.6. The number of carbonyl (C=O) groups excluding carboxylic acids is 1. The highest BCUT2D eigenvalue weighted by Gasteiger charge is 2.26. The first-order valence-corrected chi connectivity index (χ1v) is 6.98. The van der Waals surface area contributed by atoms with Gasteiger partial charge in [-0.25, -0.2) is 0 Å². The van der Waals surface area contributed by atoms with Gasteiger partial charge in [-0.15, -0.1) is 0 Å². The predicted octanol–water partition coefficient (Wildman–Crippen LogP) is 3.45. The SMILES string of the molecule is CCC(=O)C(C)c1nc(C2CCC(C)CC2)no1. The minimum Gasteiger partial charge on any atom is -0.339 e. The van der Waals surface area contributed by atoms with Crippen LogP contribution < -0.4 is 0 Å². The number of hydrogen-bond acceptors (Lipinski definition) is 4. The Kier molecular flexibility index (Phi) is 4.15. The third-order valence-corrected chi connectivity index (χ3v) is 4.04. The maximum absolute atomic E-state index is 11.6. The molecule has 0 radical (unpaired) electrons. The second kappa shape index (κ2) is 5.63. The number of aromatic nitrogens is 2. The maximum Gasteiger partial charge on any atom is 0.236 e. The van der Waals surface area contributed by atoms with Crippen molar-refractivity contribution < 1.29 is 9.32 Å². The van der Waals surface area contributed by atoms with Crippen molar-refractivity contribution in [3.8, 4) is 0 Å². The summed E-state index contributed by atoms with van der Waals surface area (Å²) in [5.74, 6) is 2.40. The van der Waals surface area contributed by atoms with E-state index in [2.05, 4.69) is 17.1 Å². The van der Waals surface area contributed by atoms with E-state index in [1.807, 2.05) is 13.8 Å². The van der Waals surface area contributed by atoms with Gasteiger partial charge in [-0.05, 0) is 25.7 Å². The van der Waals surface area contributed by atoms with Crippen molar-refractivity contribution in [2.24, 2.45) is 5.92 Å². The highest BCUT2D eigenvalue weighted by Crippen LogP contribution is 2.34. The Morgan fingerprint density at radius 3 is 2.67 bits per heavy atom. The van der Waals surface area contributed by atoms with Crippen LogP contribution in [0.4, 0.5) is 0 Å². The van der Waals surface area contributed by atoms with Gasteiger partial charge in [0.25, 0.3) is 0 Å². The third-order valence-electron chi connectivity index (χ3n) is 4.04. The lowest BCUT2D eigenvalue weighted by Gasteiger charge is -2.23. The largest absolute Gasteiger partial charge is 0.339 e. The minimum atomic E-state index is -0.265. The Balaban J connectivity index is 2.04. The van der Waals surface area contributed by atoms with E-state index in [4.69, 9.17) is 4.52 Å². The quantitative estimate of drug-likeness (QED) is 0.821. The van der Waals surface area contributed by atoms with Crippen molar-refractivity contribution in [3.63, 3.8) is 0 Å². The Morgan fingerprint density at radius 2 is 2.06 bits per heavy atom. The van der Waals surface area contributed by atoms with Gasteiger partial charge in [0.2, 0.25) is 5.89 Å². The monoisotopic (exact) mass is 250 g/mol. The highest BCUT2D eigenvalue weighted by molar-refractivity contribution is 5.83. The molecule has 100 valence electrons. The fraction of sp³-hybridized carbons (Fsp3) is 0.786. The molecule has 1 aromatic heterocycles. The lowest BCUT2D eigenvalue weighted by Crippen LogP contribution is -2.12. The standard InChI is InChI=1S/C14H22N2O2/c1-4-12(17)10(3)14-15-13(16-18-14)11-7-5-9(2)6-8-11/h9-11H,4-8H2,1-3H3. The topological polar surface area (TPSA) is 56.0 Å². The molecule has 0 spiro atoms. The zero-order valence-corrected chi connectivity index (χ0v) is 11.5. The molecule has 4 heteroatoms. The van der Waals surface area contributed by atoms with Gasteiger partial charge in [-0.2, -0.15) is 4.98 Å². The molecule has 1 atom stereocenters. The van der Waals surface area contributed by atoms with Crippen LogP contribution in [0.1, 0.15) is 76.4 Å². The number of hydrogen-bond donors (Lipinski definition) is 0. The van der Waals surface area contributed by atoms with Crippen LogP contribution in [-0.4, -0.2) is 15.9 Å². The zero-order valence-electron chi connectivity index (χ0n) is 11.5. The van der Waals surface area contributed by atoms with Gasteiger partial charge < -0.3 is 4.52 Å². The van der Waals surface area contributed by atoms with Crippen LogP contribution in [0.2, 0.25) is 0 Å². The van der Waals surface area contributed by atoms with Crippen molar-refractivity contribution in [2.45, 2.75) is 64.7 Å². The van der Waals surface area contributed by atoms with Crippen molar-refractivity contribution in [1.82, 2.24) is 10.1 Å². The van der Waals surface area contributed by atoms with E-state index in [0.717, 1.165) is 24.6 Å². The summed E-state index contributed by atoms with van der Waals surface area (Å²) in [5.41, 5.74) is 0. The van der Waals surface area contributed by atoms with Crippen LogP contribution in [0, 0.1) is 5.92 Å². The van der Waals surface area contributed by atoms with E-state index >= 15 is 0 Å². The molecule has 0 N–H and O–H groups in total. The summed E-state index contributed by atoms with van der Waals surface area (Å²) >= 11 is 0. The molecule has 1 aliphatic carbocycles. The number of ketones is 1. The van der Waals surface area contributed by atoms with E-state index in [1.54, 1.807) is 0 Å². The summed E-state index contributed by atoms with van der Waals surface area (Å²) in [6.45, 7) is 5.99. The molecule has 4 nitrogen and oxygen atoms in total. The van der Waals surface area contributed by atoms with E-state index < -0.39 is 0 Å². The molecular formula is C14H22N2O2. The second-order valence-corrected chi connectivity index (χ2v) is 5.49. The van der Waals surface area contributed by atoms with Gasteiger partial charge in [0.15, 0.2) is 5.82 Å². The second-order valence-electron chi connectivity index (χ2n) is 5.49. The van der Waals surface area contributed by atoms with Crippen molar-refractivity contribution in [3.05, 3.63) is 11.7 Å². The molecule has 1 aliphatic rings. The summed E-state index contributed by atoms with van der Waals surface area (Å²) < 4.78 is 5.25. The molecule has 18 heavy (non-hydrogen) atoms. The molecule has 0 bridgehead atoms. The fourth-order valence-electron chi connectivity index (χ4n) is 2.55. The van der Waals surface area contributed by atoms with E-state index in [9.17, 15) is 4.79 Å². The number of Topliss-reactive ketones (excluding diaryl/α,β-unsaturated/α-hetero) is 1. The first-order valence-electron chi connectivity index (χ1n) is 6.98. The molecule has 1 heterocycles. The van der Waals surface area contributed by atoms with Gasteiger partial charge in [0.05, 0.1) is 5.92 Å². The van der Waals surface area contributed by atoms with Crippen molar-refractivity contribution >= 4 is 5.78 Å². The Hall–Kier alpha value is -1.19.